The van der Waals surface area contributed by atoms with Gasteiger partial charge in [-0.25, -0.2) is 9.80 Å². The molecule has 35 heavy (non-hydrogen) atoms. The molecule has 1 amide bonds. The van der Waals surface area contributed by atoms with Crippen molar-refractivity contribution in [3.63, 3.8) is 0 Å². The summed E-state index contributed by atoms with van der Waals surface area (Å²) in [6.45, 7) is 0.179. The molecule has 0 radical (unpaired) electrons. The number of nitrogens with one attached hydrogen (secondary N) is 2. The maximum atomic E-state index is 13.1. The second-order valence-electron chi connectivity index (χ2n) is 8.77. The lowest BCUT2D eigenvalue weighted by molar-refractivity contribution is -0.118. The molecule has 1 aliphatic heterocycles. The van der Waals surface area contributed by atoms with Crippen LogP contribution in [-0.4, -0.2) is 26.3 Å². The third-order valence-corrected chi connectivity index (χ3v) is 6.96. The number of carbonyl (C=O) groups excluding carboxylic acids is 2. The van der Waals surface area contributed by atoms with Gasteiger partial charge in [0.05, 0.1) is 17.4 Å². The third-order valence-electron chi connectivity index (χ3n) is 6.47. The minimum absolute atomic E-state index is 0.0696. The highest BCUT2D eigenvalue weighted by atomic mass is 79.9. The van der Waals surface area contributed by atoms with Crippen molar-refractivity contribution >= 4 is 38.5 Å². The molecule has 1 aromatic heterocycles. The van der Waals surface area contributed by atoms with E-state index in [1.165, 1.54) is 9.58 Å². The van der Waals surface area contributed by atoms with Crippen molar-refractivity contribution in [2.45, 2.75) is 32.2 Å². The molecule has 2 N–H and O–H groups in total. The highest BCUT2D eigenvalue weighted by Crippen LogP contribution is 2.28. The van der Waals surface area contributed by atoms with Crippen LogP contribution < -0.4 is 16.7 Å². The van der Waals surface area contributed by atoms with E-state index in [-0.39, 0.29) is 24.2 Å². The lowest BCUT2D eigenvalue weighted by Crippen LogP contribution is -2.38. The van der Waals surface area contributed by atoms with E-state index in [1.807, 2.05) is 6.07 Å². The van der Waals surface area contributed by atoms with Crippen LogP contribution in [0.3, 0.4) is 0 Å². The number of nitrogens with zero attached hydrogens (tertiary/aromatic N) is 2. The van der Waals surface area contributed by atoms with E-state index in [1.54, 1.807) is 54.9 Å². The number of hydrazine groups is 1. The van der Waals surface area contributed by atoms with Crippen LogP contribution in [0.4, 0.5) is 0 Å². The van der Waals surface area contributed by atoms with Crippen molar-refractivity contribution in [3.05, 3.63) is 103 Å². The Morgan fingerprint density at radius 1 is 1.06 bits per heavy atom. The quantitative estimate of drug-likeness (QED) is 0.520. The highest BCUT2D eigenvalue weighted by Gasteiger charge is 2.26. The molecule has 5 rings (SSSR count). The first-order valence-corrected chi connectivity index (χ1v) is 12.2. The first kappa shape index (κ1) is 23.0. The Hall–Kier alpha value is -3.72. The van der Waals surface area contributed by atoms with Crippen LogP contribution in [0.1, 0.15) is 41.6 Å². The number of carbonyl (C=O) groups is 2. The third kappa shape index (κ3) is 4.64. The van der Waals surface area contributed by atoms with E-state index in [2.05, 4.69) is 26.3 Å². The van der Waals surface area contributed by atoms with E-state index in [9.17, 15) is 19.2 Å². The van der Waals surface area contributed by atoms with Gasteiger partial charge in [0.2, 0.25) is 0 Å². The monoisotopic (exact) mass is 534 g/mol. The summed E-state index contributed by atoms with van der Waals surface area (Å²) in [5.41, 5.74) is 4.15. The van der Waals surface area contributed by atoms with Crippen molar-refractivity contribution < 1.29 is 9.59 Å². The lowest BCUT2D eigenvalue weighted by Gasteiger charge is -2.23. The molecule has 1 fully saturated rings. The summed E-state index contributed by atoms with van der Waals surface area (Å²) in [4.78, 5) is 52.8. The van der Waals surface area contributed by atoms with Gasteiger partial charge < -0.3 is 0 Å². The molecule has 0 saturated heterocycles. The van der Waals surface area contributed by atoms with E-state index in [4.69, 9.17) is 0 Å². The largest absolute Gasteiger partial charge is 0.329 e. The molecule has 9 heteroatoms. The molecular weight excluding hydrogens is 512 g/mol. The first-order chi connectivity index (χ1) is 16.9. The van der Waals surface area contributed by atoms with Crippen LogP contribution in [0.2, 0.25) is 0 Å². The number of aromatic nitrogens is 2. The summed E-state index contributed by atoms with van der Waals surface area (Å²) in [6, 6.07) is 12.1. The van der Waals surface area contributed by atoms with Crippen molar-refractivity contribution in [1.29, 1.82) is 0 Å². The average molecular weight is 535 g/mol. The van der Waals surface area contributed by atoms with Crippen molar-refractivity contribution in [2.75, 3.05) is 0 Å². The summed E-state index contributed by atoms with van der Waals surface area (Å²) < 4.78 is 2.20. The zero-order chi connectivity index (χ0) is 24.5. The Bertz CT molecular complexity index is 1510. The molecular formula is C26H23BrN4O4. The second kappa shape index (κ2) is 9.50. The number of allylic oxidation sites excluding steroid dienone is 2. The fraction of sp³-hybridized carbons (Fsp3) is 0.231. The topological polar surface area (TPSA) is 104 Å². The maximum Gasteiger partial charge on any atom is 0.329 e. The molecule has 2 aromatic carbocycles. The molecule has 178 valence electrons. The van der Waals surface area contributed by atoms with Crippen LogP contribution in [-0.2, 0) is 11.3 Å². The van der Waals surface area contributed by atoms with Gasteiger partial charge in [0.25, 0.3) is 11.5 Å². The minimum atomic E-state index is -0.522. The van der Waals surface area contributed by atoms with Crippen LogP contribution in [0.25, 0.3) is 10.9 Å². The number of H-pyrrole nitrogens is 1. The van der Waals surface area contributed by atoms with Gasteiger partial charge in [-0.2, -0.15) is 0 Å². The predicted molar refractivity (Wildman–Crippen MR) is 136 cm³/mol. The molecule has 2 aliphatic rings. The Morgan fingerprint density at radius 2 is 1.86 bits per heavy atom. The predicted octanol–water partition coefficient (Wildman–Crippen LogP) is 3.62. The molecule has 1 aliphatic carbocycles. The Kier molecular flexibility index (Phi) is 6.25. The molecule has 0 atom stereocenters. The molecule has 0 bridgehead atoms. The fourth-order valence-electron chi connectivity index (χ4n) is 4.64. The Balaban J connectivity index is 1.35. The molecule has 0 spiro atoms. The number of fused-ring (bicyclic) bond motifs is 1. The zero-order valence-corrected chi connectivity index (χ0v) is 20.4. The minimum Gasteiger partial charge on any atom is -0.298 e. The first-order valence-electron chi connectivity index (χ1n) is 11.4. The van der Waals surface area contributed by atoms with E-state index in [0.29, 0.717) is 22.0 Å². The van der Waals surface area contributed by atoms with Gasteiger partial charge in [-0.1, -0.05) is 40.9 Å². The molecule has 0 unspecified atom stereocenters. The fourth-order valence-corrected chi connectivity index (χ4v) is 5.00. The van der Waals surface area contributed by atoms with Crippen molar-refractivity contribution in [2.24, 2.45) is 5.92 Å². The number of hydrogen-bond acceptors (Lipinski definition) is 5. The van der Waals surface area contributed by atoms with Gasteiger partial charge in [-0.05, 0) is 54.8 Å². The summed E-state index contributed by atoms with van der Waals surface area (Å²) in [5.74, 6) is -0.111. The average Bonchev–Trinajstić information content (AvgIpc) is 3.41. The SMILES string of the molecule is O=C(C1=CNN(C(=O)c2cccc(Cn3c(=O)[nH]c(=O)c4cc(Br)ccc43)c2)C=C1)C1CCCC1. The normalized spacial score (nSPS) is 15.8. The Morgan fingerprint density at radius 3 is 2.60 bits per heavy atom. The van der Waals surface area contributed by atoms with Gasteiger partial charge in [-0.15, -0.1) is 0 Å². The van der Waals surface area contributed by atoms with Crippen molar-refractivity contribution in [3.8, 4) is 0 Å². The summed E-state index contributed by atoms with van der Waals surface area (Å²) in [6.07, 6.45) is 8.82. The molecule has 2 heterocycles. The number of aromatic amines is 1. The van der Waals surface area contributed by atoms with Gasteiger partial charge in [-0.3, -0.25) is 29.4 Å². The molecule has 3 aromatic rings. The number of Topliss-reactive ketones (excluding diaryl/α,β-unsaturated/α-hetero) is 1. The maximum absolute atomic E-state index is 13.1. The van der Waals surface area contributed by atoms with E-state index >= 15 is 0 Å². The standard InChI is InChI=1S/C26H23BrN4O4/c27-20-8-9-22-21(13-20)24(33)29-26(35)30(22)15-16-4-3-7-18(12-16)25(34)31-11-10-19(14-28-31)23(32)17-5-1-2-6-17/h3-4,7-14,17,28H,1-2,5-6,15H2,(H,29,33,35). The van der Waals surface area contributed by atoms with E-state index in [0.717, 1.165) is 35.7 Å². The number of ketones is 1. The zero-order valence-electron chi connectivity index (χ0n) is 18.8. The molecule has 8 nitrogen and oxygen atoms in total. The van der Waals surface area contributed by atoms with Gasteiger partial charge >= 0.3 is 5.69 Å². The summed E-state index contributed by atoms with van der Waals surface area (Å²) in [5, 5.41) is 1.72. The van der Waals surface area contributed by atoms with Gasteiger partial charge in [0.15, 0.2) is 5.78 Å². The van der Waals surface area contributed by atoms with Crippen LogP contribution in [0, 0.1) is 5.92 Å². The van der Waals surface area contributed by atoms with Gasteiger partial charge in [0, 0.05) is 33.9 Å². The second-order valence-corrected chi connectivity index (χ2v) is 9.69. The number of rotatable bonds is 5. The van der Waals surface area contributed by atoms with Gasteiger partial charge in [0.1, 0.15) is 0 Å². The van der Waals surface area contributed by atoms with Crippen LogP contribution in [0.5, 0.6) is 0 Å². The number of hydrogen-bond donors (Lipinski definition) is 2. The molecule has 1 saturated carbocycles. The summed E-state index contributed by atoms with van der Waals surface area (Å²) >= 11 is 3.35. The Labute approximate surface area is 209 Å². The number of benzene rings is 2. The lowest BCUT2D eigenvalue weighted by atomic mass is 9.96. The summed E-state index contributed by atoms with van der Waals surface area (Å²) in [7, 11) is 0. The van der Waals surface area contributed by atoms with Crippen LogP contribution in [0.15, 0.2) is 80.6 Å². The smallest absolute Gasteiger partial charge is 0.298 e. The number of amides is 1. The van der Waals surface area contributed by atoms with Crippen LogP contribution >= 0.6 is 15.9 Å². The van der Waals surface area contributed by atoms with Crippen molar-refractivity contribution in [1.82, 2.24) is 20.0 Å². The number of halogens is 1. The highest BCUT2D eigenvalue weighted by molar-refractivity contribution is 9.10. The van der Waals surface area contributed by atoms with E-state index < -0.39 is 11.2 Å².